The molecule has 1 aromatic carbocycles. The summed E-state index contributed by atoms with van der Waals surface area (Å²) in [4.78, 5) is -0.524. The molecule has 0 saturated carbocycles. The minimum Gasteiger partial charge on any atom is -0.314 e. The minimum atomic E-state index is -4.50. The predicted octanol–water partition coefficient (Wildman–Crippen LogP) is -0.0203. The number of rotatable bonds is 4. The maximum absolute atomic E-state index is 11.5. The van der Waals surface area contributed by atoms with Crippen molar-refractivity contribution in [1.29, 1.82) is 0 Å². The molecule has 4 N–H and O–H groups in total. The molecule has 0 amide bonds. The third-order valence-corrected chi connectivity index (χ3v) is 4.30. The highest BCUT2D eigenvalue weighted by atomic mass is 32.2. The van der Waals surface area contributed by atoms with Crippen LogP contribution in [0.3, 0.4) is 0 Å². The Bertz CT molecular complexity index is 607. The highest BCUT2D eigenvalue weighted by molar-refractivity contribution is 7.93. The summed E-state index contributed by atoms with van der Waals surface area (Å²) < 4.78 is 55.8. The van der Waals surface area contributed by atoms with Crippen LogP contribution in [0.25, 0.3) is 0 Å². The van der Waals surface area contributed by atoms with Gasteiger partial charge >= 0.3 is 0 Å². The summed E-state index contributed by atoms with van der Waals surface area (Å²) >= 11 is 0. The van der Waals surface area contributed by atoms with Crippen molar-refractivity contribution in [3.05, 3.63) is 24.3 Å². The number of benzene rings is 1. The first-order valence-corrected chi connectivity index (χ1v) is 7.47. The number of hydrogen-bond acceptors (Lipinski definition) is 5. The molecule has 0 aliphatic heterocycles. The van der Waals surface area contributed by atoms with Crippen molar-refractivity contribution < 1.29 is 21.4 Å². The van der Waals surface area contributed by atoms with Crippen molar-refractivity contribution in [3.63, 3.8) is 0 Å². The van der Waals surface area contributed by atoms with Gasteiger partial charge in [0, 0.05) is 0 Å². The smallest absolute Gasteiger partial charge is 0.296 e. The zero-order chi connectivity index (χ0) is 13.3. The molecule has 0 aliphatic carbocycles. The van der Waals surface area contributed by atoms with Crippen LogP contribution in [0.4, 0.5) is 5.69 Å². The van der Waals surface area contributed by atoms with E-state index in [1.807, 2.05) is 4.72 Å². The Labute approximate surface area is 99.4 Å². The van der Waals surface area contributed by atoms with Crippen LogP contribution in [0.1, 0.15) is 6.92 Å². The van der Waals surface area contributed by atoms with Crippen molar-refractivity contribution in [3.8, 4) is 0 Å². The number of sulfonamides is 1. The van der Waals surface area contributed by atoms with Gasteiger partial charge in [-0.1, -0.05) is 12.1 Å². The van der Waals surface area contributed by atoms with Crippen LogP contribution in [0.5, 0.6) is 0 Å². The van der Waals surface area contributed by atoms with Crippen LogP contribution in [0.15, 0.2) is 29.2 Å². The third-order valence-electron chi connectivity index (χ3n) is 1.91. The van der Waals surface area contributed by atoms with E-state index in [9.17, 15) is 16.8 Å². The van der Waals surface area contributed by atoms with E-state index in [1.165, 1.54) is 25.1 Å². The Kier molecular flexibility index (Phi) is 3.77. The number of nitrogens with two attached hydrogens (primary N) is 1. The van der Waals surface area contributed by atoms with Crippen LogP contribution >= 0.6 is 0 Å². The van der Waals surface area contributed by atoms with E-state index in [0.717, 1.165) is 6.07 Å². The van der Waals surface area contributed by atoms with Crippen molar-refractivity contribution in [2.24, 2.45) is 5.73 Å². The molecule has 1 atom stereocenters. The van der Waals surface area contributed by atoms with Gasteiger partial charge in [-0.2, -0.15) is 8.42 Å². The lowest BCUT2D eigenvalue weighted by atomic mass is 10.3. The van der Waals surface area contributed by atoms with E-state index in [-0.39, 0.29) is 5.69 Å². The first-order valence-electron chi connectivity index (χ1n) is 4.48. The lowest BCUT2D eigenvalue weighted by Gasteiger charge is -2.12. The lowest BCUT2D eigenvalue weighted by molar-refractivity contribution is 0.483. The normalized spacial score (nSPS) is 14.3. The Morgan fingerprint density at radius 3 is 2.24 bits per heavy atom. The summed E-state index contributed by atoms with van der Waals surface area (Å²) in [6, 6.07) is 5.07. The molecule has 0 heterocycles. The van der Waals surface area contributed by atoms with E-state index in [4.69, 9.17) is 10.3 Å². The second-order valence-corrected chi connectivity index (χ2v) is 6.75. The third kappa shape index (κ3) is 3.40. The number of anilines is 1. The molecule has 1 rings (SSSR count). The minimum absolute atomic E-state index is 0.243. The Balaban J connectivity index is 3.27. The van der Waals surface area contributed by atoms with Gasteiger partial charge in [0.15, 0.2) is 0 Å². The van der Waals surface area contributed by atoms with Crippen molar-refractivity contribution in [2.75, 3.05) is 4.72 Å². The largest absolute Gasteiger partial charge is 0.314 e. The first kappa shape index (κ1) is 13.9. The van der Waals surface area contributed by atoms with Crippen LogP contribution in [-0.2, 0) is 20.1 Å². The van der Waals surface area contributed by atoms with Gasteiger partial charge in [-0.05, 0) is 19.1 Å². The van der Waals surface area contributed by atoms with Gasteiger partial charge < -0.3 is 5.73 Å². The highest BCUT2D eigenvalue weighted by Crippen LogP contribution is 2.21. The molecule has 1 aromatic rings. The molecule has 7 nitrogen and oxygen atoms in total. The Morgan fingerprint density at radius 1 is 1.24 bits per heavy atom. The van der Waals surface area contributed by atoms with Gasteiger partial charge in [0.2, 0.25) is 10.0 Å². The van der Waals surface area contributed by atoms with Crippen molar-refractivity contribution in [2.45, 2.75) is 17.2 Å². The number of para-hydroxylation sites is 1. The van der Waals surface area contributed by atoms with E-state index in [2.05, 4.69) is 0 Å². The predicted molar refractivity (Wildman–Crippen MR) is 62.4 cm³/mol. The van der Waals surface area contributed by atoms with Gasteiger partial charge in [-0.25, -0.2) is 8.42 Å². The summed E-state index contributed by atoms with van der Waals surface area (Å²) in [7, 11) is -8.38. The maximum Gasteiger partial charge on any atom is 0.296 e. The van der Waals surface area contributed by atoms with Crippen LogP contribution in [-0.4, -0.2) is 26.8 Å². The lowest BCUT2D eigenvalue weighted by Crippen LogP contribution is -2.32. The van der Waals surface area contributed by atoms with Gasteiger partial charge in [0.05, 0.1) is 5.69 Å². The molecule has 0 bridgehead atoms. The maximum atomic E-state index is 11.5. The molecule has 9 heteroatoms. The topological polar surface area (TPSA) is 127 Å². The Morgan fingerprint density at radius 2 is 1.76 bits per heavy atom. The summed E-state index contributed by atoms with van der Waals surface area (Å²) in [6.07, 6.45) is 0. The van der Waals surface area contributed by atoms with Gasteiger partial charge in [0.1, 0.15) is 10.3 Å². The fourth-order valence-electron chi connectivity index (χ4n) is 1.02. The van der Waals surface area contributed by atoms with E-state index >= 15 is 0 Å². The molecular formula is C8H12N2O5S2. The molecule has 96 valence electrons. The van der Waals surface area contributed by atoms with Crippen LogP contribution < -0.4 is 10.5 Å². The molecule has 0 aliphatic rings. The molecule has 0 saturated heterocycles. The molecule has 0 radical (unpaired) electrons. The van der Waals surface area contributed by atoms with E-state index in [0.29, 0.717) is 0 Å². The Hall–Kier alpha value is -1.16. The first-order chi connectivity index (χ1) is 7.64. The molecule has 0 spiro atoms. The van der Waals surface area contributed by atoms with Crippen molar-refractivity contribution in [1.82, 2.24) is 0 Å². The van der Waals surface area contributed by atoms with E-state index < -0.39 is 30.4 Å². The fourth-order valence-corrected chi connectivity index (χ4v) is 2.40. The van der Waals surface area contributed by atoms with E-state index in [1.54, 1.807) is 0 Å². The zero-order valence-electron chi connectivity index (χ0n) is 8.86. The fraction of sp³-hybridized carbons (Fsp3) is 0.250. The number of nitrogens with one attached hydrogen (secondary N) is 1. The average Bonchev–Trinajstić information content (AvgIpc) is 2.15. The molecule has 1 unspecified atom stereocenters. The quantitative estimate of drug-likeness (QED) is 0.665. The van der Waals surface area contributed by atoms with Crippen molar-refractivity contribution >= 4 is 25.8 Å². The standard InChI is InChI=1S/C8H12N2O5S2/c1-6(9)16(11,12)10-7-4-2-3-5-8(7)17(13,14)15/h2-6,10H,9H2,1H3,(H,13,14,15). The summed E-state index contributed by atoms with van der Waals surface area (Å²) in [5.74, 6) is 0. The van der Waals surface area contributed by atoms with Gasteiger partial charge in [-0.15, -0.1) is 0 Å². The molecular weight excluding hydrogens is 268 g/mol. The number of hydrogen-bond donors (Lipinski definition) is 3. The SMILES string of the molecule is CC(N)S(=O)(=O)Nc1ccccc1S(=O)(=O)O. The second-order valence-electron chi connectivity index (χ2n) is 3.32. The van der Waals surface area contributed by atoms with Gasteiger partial charge in [0.25, 0.3) is 10.1 Å². The average molecular weight is 280 g/mol. The second kappa shape index (κ2) is 4.61. The molecule has 17 heavy (non-hydrogen) atoms. The van der Waals surface area contributed by atoms with Gasteiger partial charge in [-0.3, -0.25) is 9.27 Å². The molecule has 0 aromatic heterocycles. The summed E-state index contributed by atoms with van der Waals surface area (Å²) in [5.41, 5.74) is 4.97. The zero-order valence-corrected chi connectivity index (χ0v) is 10.5. The van der Waals surface area contributed by atoms with Crippen LogP contribution in [0.2, 0.25) is 0 Å². The highest BCUT2D eigenvalue weighted by Gasteiger charge is 2.21. The monoisotopic (exact) mass is 280 g/mol. The molecule has 0 fully saturated rings. The summed E-state index contributed by atoms with van der Waals surface area (Å²) in [5, 5.41) is -1.21. The van der Waals surface area contributed by atoms with Crippen LogP contribution in [0, 0.1) is 0 Å². The summed E-state index contributed by atoms with van der Waals surface area (Å²) in [6.45, 7) is 1.23.